The number of hydrogen-bond donors (Lipinski definition) is 2. The number of hydrogen-bond acceptors (Lipinski definition) is 4. The summed E-state index contributed by atoms with van der Waals surface area (Å²) in [4.78, 5) is 38.5. The number of carbonyl (C=O) groups is 3. The third-order valence-electron chi connectivity index (χ3n) is 4.32. The van der Waals surface area contributed by atoms with Gasteiger partial charge < -0.3 is 15.3 Å². The zero-order valence-electron chi connectivity index (χ0n) is 13.6. The van der Waals surface area contributed by atoms with Gasteiger partial charge in [-0.2, -0.15) is 0 Å². The number of thiophene rings is 1. The van der Waals surface area contributed by atoms with Gasteiger partial charge in [0.2, 0.25) is 11.8 Å². The lowest BCUT2D eigenvalue weighted by Gasteiger charge is -2.31. The summed E-state index contributed by atoms with van der Waals surface area (Å²) in [6.45, 7) is 0. The largest absolute Gasteiger partial charge is 0.481 e. The van der Waals surface area contributed by atoms with Crippen LogP contribution in [0.15, 0.2) is 41.8 Å². The van der Waals surface area contributed by atoms with Crippen LogP contribution in [0.25, 0.3) is 0 Å². The molecule has 0 radical (unpaired) electrons. The molecule has 2 atom stereocenters. The van der Waals surface area contributed by atoms with E-state index in [2.05, 4.69) is 5.32 Å². The molecule has 130 valence electrons. The zero-order valence-corrected chi connectivity index (χ0v) is 14.5. The highest BCUT2D eigenvalue weighted by atomic mass is 32.1. The number of nitrogens with zero attached hydrogens (tertiary/aromatic N) is 1. The monoisotopic (exact) mass is 358 g/mol. The molecule has 0 fully saturated rings. The predicted molar refractivity (Wildman–Crippen MR) is 94.7 cm³/mol. The third-order valence-corrected chi connectivity index (χ3v) is 5.31. The minimum absolute atomic E-state index is 0.0730. The van der Waals surface area contributed by atoms with Gasteiger partial charge in [0.05, 0.1) is 18.4 Å². The molecule has 1 aliphatic rings. The van der Waals surface area contributed by atoms with E-state index in [4.69, 9.17) is 5.11 Å². The Bertz CT molecular complexity index is 803. The third kappa shape index (κ3) is 3.56. The average Bonchev–Trinajstić information content (AvgIpc) is 3.11. The molecule has 2 heterocycles. The van der Waals surface area contributed by atoms with Gasteiger partial charge >= 0.3 is 5.97 Å². The van der Waals surface area contributed by atoms with Crippen LogP contribution >= 0.6 is 11.3 Å². The molecule has 2 N–H and O–H groups in total. The Morgan fingerprint density at radius 1 is 1.32 bits per heavy atom. The van der Waals surface area contributed by atoms with Gasteiger partial charge in [-0.05, 0) is 23.1 Å². The summed E-state index contributed by atoms with van der Waals surface area (Å²) < 4.78 is 0. The first-order valence-corrected chi connectivity index (χ1v) is 8.76. The Hall–Kier alpha value is -2.67. The summed E-state index contributed by atoms with van der Waals surface area (Å²) in [6, 6.07) is 10.3. The fourth-order valence-electron chi connectivity index (χ4n) is 3.04. The lowest BCUT2D eigenvalue weighted by molar-refractivity contribution is -0.138. The molecule has 7 heteroatoms. The van der Waals surface area contributed by atoms with Crippen LogP contribution in [0, 0.1) is 0 Å². The van der Waals surface area contributed by atoms with E-state index >= 15 is 0 Å². The molecule has 1 aromatic heterocycles. The van der Waals surface area contributed by atoms with Gasteiger partial charge in [0.15, 0.2) is 0 Å². The van der Waals surface area contributed by atoms with Crippen molar-refractivity contribution in [2.24, 2.45) is 0 Å². The van der Waals surface area contributed by atoms with Gasteiger partial charge in [-0.25, -0.2) is 0 Å². The van der Waals surface area contributed by atoms with Crippen molar-refractivity contribution in [1.29, 1.82) is 0 Å². The Morgan fingerprint density at radius 3 is 2.76 bits per heavy atom. The van der Waals surface area contributed by atoms with Crippen LogP contribution in [0.5, 0.6) is 0 Å². The molecular weight excluding hydrogens is 340 g/mol. The summed E-state index contributed by atoms with van der Waals surface area (Å²) in [5.41, 5.74) is 1.49. The quantitative estimate of drug-likeness (QED) is 0.860. The van der Waals surface area contributed by atoms with Crippen LogP contribution in [-0.4, -0.2) is 29.9 Å². The van der Waals surface area contributed by atoms with Gasteiger partial charge in [0, 0.05) is 24.0 Å². The number of para-hydroxylation sites is 1. The van der Waals surface area contributed by atoms with Gasteiger partial charge in [0.1, 0.15) is 0 Å². The van der Waals surface area contributed by atoms with Crippen molar-refractivity contribution in [3.05, 3.63) is 52.2 Å². The molecule has 1 aromatic carbocycles. The van der Waals surface area contributed by atoms with E-state index in [1.54, 1.807) is 24.1 Å². The van der Waals surface area contributed by atoms with E-state index in [1.165, 1.54) is 11.3 Å². The standard InChI is InChI=1S/C18H18N2O4S/c1-20-14-6-3-2-5-11(14)12(9-16(20)21)18(24)19-13(10-17(22)23)15-7-4-8-25-15/h2-8,12-13H,9-10H2,1H3,(H,19,24)(H,22,23). The molecule has 6 nitrogen and oxygen atoms in total. The maximum absolute atomic E-state index is 12.8. The first kappa shape index (κ1) is 17.2. The minimum atomic E-state index is -0.987. The number of anilines is 1. The number of amides is 2. The van der Waals surface area contributed by atoms with Gasteiger partial charge in [-0.3, -0.25) is 14.4 Å². The van der Waals surface area contributed by atoms with E-state index in [0.717, 1.165) is 10.4 Å². The first-order chi connectivity index (χ1) is 12.0. The summed E-state index contributed by atoms with van der Waals surface area (Å²) in [6.07, 6.45) is -0.127. The second-order valence-electron chi connectivity index (χ2n) is 5.94. The number of aliphatic carboxylic acids is 1. The number of carboxylic acid groups (broad SMARTS) is 1. The van der Waals surface area contributed by atoms with Crippen molar-refractivity contribution in [3.63, 3.8) is 0 Å². The van der Waals surface area contributed by atoms with Crippen molar-refractivity contribution in [1.82, 2.24) is 5.32 Å². The SMILES string of the molecule is CN1C(=O)CC(C(=O)NC(CC(=O)O)c2cccs2)c2ccccc21. The van der Waals surface area contributed by atoms with E-state index in [0.29, 0.717) is 5.69 Å². The summed E-state index contributed by atoms with van der Waals surface area (Å²) in [7, 11) is 1.69. The molecule has 0 bridgehead atoms. The molecule has 2 unspecified atom stereocenters. The minimum Gasteiger partial charge on any atom is -0.481 e. The summed E-state index contributed by atoms with van der Waals surface area (Å²) >= 11 is 1.39. The van der Waals surface area contributed by atoms with Crippen LogP contribution in [0.3, 0.4) is 0 Å². The molecule has 0 saturated heterocycles. The van der Waals surface area contributed by atoms with Gasteiger partial charge in [0.25, 0.3) is 0 Å². The van der Waals surface area contributed by atoms with Crippen molar-refractivity contribution < 1.29 is 19.5 Å². The molecule has 25 heavy (non-hydrogen) atoms. The Balaban J connectivity index is 1.86. The summed E-state index contributed by atoms with van der Waals surface area (Å²) in [5.74, 6) is -2.06. The molecule has 2 amide bonds. The topological polar surface area (TPSA) is 86.7 Å². The first-order valence-electron chi connectivity index (χ1n) is 7.88. The Kier molecular flexibility index (Phi) is 4.85. The van der Waals surface area contributed by atoms with E-state index < -0.39 is 17.9 Å². The van der Waals surface area contributed by atoms with Crippen molar-refractivity contribution in [2.75, 3.05) is 11.9 Å². The highest BCUT2D eigenvalue weighted by Crippen LogP contribution is 2.36. The zero-order chi connectivity index (χ0) is 18.0. The van der Waals surface area contributed by atoms with Crippen LogP contribution in [0.2, 0.25) is 0 Å². The van der Waals surface area contributed by atoms with Gasteiger partial charge in [-0.1, -0.05) is 24.3 Å². The smallest absolute Gasteiger partial charge is 0.305 e. The number of benzene rings is 1. The number of carboxylic acids is 1. The summed E-state index contributed by atoms with van der Waals surface area (Å²) in [5, 5.41) is 13.8. The molecule has 3 rings (SSSR count). The predicted octanol–water partition coefficient (Wildman–Crippen LogP) is 2.53. The average molecular weight is 358 g/mol. The second-order valence-corrected chi connectivity index (χ2v) is 6.92. The molecular formula is C18H18N2O4S. The fourth-order valence-corrected chi connectivity index (χ4v) is 3.81. The second kappa shape index (κ2) is 7.06. The van der Waals surface area contributed by atoms with Crippen LogP contribution in [-0.2, 0) is 14.4 Å². The molecule has 2 aromatic rings. The number of fused-ring (bicyclic) bond motifs is 1. The number of carbonyl (C=O) groups excluding carboxylic acids is 2. The number of nitrogens with one attached hydrogen (secondary N) is 1. The lowest BCUT2D eigenvalue weighted by Crippen LogP contribution is -2.40. The van der Waals surface area contributed by atoms with Gasteiger partial charge in [-0.15, -0.1) is 11.3 Å². The van der Waals surface area contributed by atoms with Crippen molar-refractivity contribution >= 4 is 34.8 Å². The van der Waals surface area contributed by atoms with Crippen LogP contribution < -0.4 is 10.2 Å². The van der Waals surface area contributed by atoms with Crippen molar-refractivity contribution in [2.45, 2.75) is 24.8 Å². The Labute approximate surface area is 149 Å². The molecule has 0 saturated carbocycles. The number of rotatable bonds is 5. The maximum atomic E-state index is 12.8. The van der Waals surface area contributed by atoms with Crippen LogP contribution in [0.1, 0.15) is 35.2 Å². The maximum Gasteiger partial charge on any atom is 0.305 e. The van der Waals surface area contributed by atoms with E-state index in [-0.39, 0.29) is 24.7 Å². The fraction of sp³-hybridized carbons (Fsp3) is 0.278. The normalized spacial score (nSPS) is 17.7. The molecule has 1 aliphatic heterocycles. The van der Waals surface area contributed by atoms with E-state index in [1.807, 2.05) is 29.6 Å². The van der Waals surface area contributed by atoms with Crippen molar-refractivity contribution in [3.8, 4) is 0 Å². The highest BCUT2D eigenvalue weighted by molar-refractivity contribution is 7.10. The highest BCUT2D eigenvalue weighted by Gasteiger charge is 2.34. The Morgan fingerprint density at radius 2 is 2.08 bits per heavy atom. The van der Waals surface area contributed by atoms with Crippen LogP contribution in [0.4, 0.5) is 5.69 Å². The van der Waals surface area contributed by atoms with E-state index in [9.17, 15) is 14.4 Å². The molecule has 0 aliphatic carbocycles. The molecule has 0 spiro atoms. The lowest BCUT2D eigenvalue weighted by atomic mass is 9.88.